The molecule has 8 heteroatoms. The number of amides is 1. The van der Waals surface area contributed by atoms with E-state index >= 15 is 0 Å². The standard InChI is InChI=1S/C17H22N6O2/c1-10(2)16-18-7-13(11(3)20-16)17(24)22-5-4-15-14(8-22)23-12(9-25-15)6-19-21-23/h6-7,10,14-15H,4-5,8-9H2,1-3H3/t14-,15-/m1/s1. The first kappa shape index (κ1) is 16.1. The zero-order valence-corrected chi connectivity index (χ0v) is 14.7. The molecule has 1 amide bonds. The van der Waals surface area contributed by atoms with E-state index < -0.39 is 0 Å². The van der Waals surface area contributed by atoms with Crippen LogP contribution in [0.15, 0.2) is 12.4 Å². The number of ether oxygens (including phenoxy) is 1. The number of carbonyl (C=O) groups is 1. The summed E-state index contributed by atoms with van der Waals surface area (Å²) in [6.07, 6.45) is 4.25. The Morgan fingerprint density at radius 2 is 2.20 bits per heavy atom. The number of carbonyl (C=O) groups excluding carboxylic acids is 1. The number of hydrogen-bond acceptors (Lipinski definition) is 6. The lowest BCUT2D eigenvalue weighted by molar-refractivity contribution is -0.0605. The normalized spacial score (nSPS) is 22.6. The van der Waals surface area contributed by atoms with Crippen LogP contribution in [0.5, 0.6) is 0 Å². The first-order valence-corrected chi connectivity index (χ1v) is 8.68. The molecule has 2 atom stereocenters. The molecule has 0 unspecified atom stereocenters. The fourth-order valence-corrected chi connectivity index (χ4v) is 3.51. The van der Waals surface area contributed by atoms with Crippen LogP contribution in [-0.2, 0) is 11.3 Å². The van der Waals surface area contributed by atoms with Crippen LogP contribution >= 0.6 is 0 Å². The van der Waals surface area contributed by atoms with E-state index in [2.05, 4.69) is 20.3 Å². The number of aromatic nitrogens is 5. The van der Waals surface area contributed by atoms with Gasteiger partial charge in [0.05, 0.1) is 41.9 Å². The molecule has 1 fully saturated rings. The van der Waals surface area contributed by atoms with E-state index in [1.807, 2.05) is 30.4 Å². The molecule has 132 valence electrons. The van der Waals surface area contributed by atoms with Gasteiger partial charge in [-0.15, -0.1) is 5.10 Å². The van der Waals surface area contributed by atoms with Crippen molar-refractivity contribution in [3.8, 4) is 0 Å². The van der Waals surface area contributed by atoms with Crippen molar-refractivity contribution < 1.29 is 9.53 Å². The number of nitrogens with zero attached hydrogens (tertiary/aromatic N) is 6. The van der Waals surface area contributed by atoms with Gasteiger partial charge in [0.25, 0.3) is 5.91 Å². The summed E-state index contributed by atoms with van der Waals surface area (Å²) in [5.41, 5.74) is 2.25. The molecule has 1 saturated heterocycles. The van der Waals surface area contributed by atoms with Gasteiger partial charge in [0.2, 0.25) is 0 Å². The summed E-state index contributed by atoms with van der Waals surface area (Å²) in [5, 5.41) is 8.15. The van der Waals surface area contributed by atoms with Crippen molar-refractivity contribution in [2.45, 2.75) is 51.9 Å². The third kappa shape index (κ3) is 2.80. The monoisotopic (exact) mass is 342 g/mol. The van der Waals surface area contributed by atoms with Gasteiger partial charge in [-0.05, 0) is 13.3 Å². The molecule has 8 nitrogen and oxygen atoms in total. The van der Waals surface area contributed by atoms with Crippen LogP contribution in [0.1, 0.15) is 59.8 Å². The first-order chi connectivity index (χ1) is 12.0. The van der Waals surface area contributed by atoms with Crippen molar-refractivity contribution >= 4 is 5.91 Å². The Labute approximate surface area is 146 Å². The fourth-order valence-electron chi connectivity index (χ4n) is 3.51. The quantitative estimate of drug-likeness (QED) is 0.822. The van der Waals surface area contributed by atoms with Gasteiger partial charge in [0.15, 0.2) is 0 Å². The second-order valence-electron chi connectivity index (χ2n) is 7.01. The van der Waals surface area contributed by atoms with Crippen LogP contribution in [0, 0.1) is 6.92 Å². The van der Waals surface area contributed by atoms with Crippen LogP contribution in [0.2, 0.25) is 0 Å². The Bertz CT molecular complexity index is 802. The van der Waals surface area contributed by atoms with E-state index in [-0.39, 0.29) is 24.0 Å². The Hall–Kier alpha value is -2.35. The van der Waals surface area contributed by atoms with Crippen LogP contribution in [-0.4, -0.2) is 55.0 Å². The van der Waals surface area contributed by atoms with Crippen molar-refractivity contribution in [2.75, 3.05) is 13.1 Å². The van der Waals surface area contributed by atoms with E-state index in [0.717, 1.165) is 23.6 Å². The third-order valence-electron chi connectivity index (χ3n) is 4.96. The molecule has 0 aliphatic carbocycles. The molecular formula is C17H22N6O2. The largest absolute Gasteiger partial charge is 0.370 e. The summed E-state index contributed by atoms with van der Waals surface area (Å²) < 4.78 is 7.80. The Morgan fingerprint density at radius 3 is 2.96 bits per heavy atom. The van der Waals surface area contributed by atoms with E-state index in [0.29, 0.717) is 25.3 Å². The molecule has 2 aromatic rings. The Kier molecular flexibility index (Phi) is 3.99. The zero-order chi connectivity index (χ0) is 17.6. The van der Waals surface area contributed by atoms with Gasteiger partial charge in [-0.2, -0.15) is 0 Å². The predicted octanol–water partition coefficient (Wildman–Crippen LogP) is 1.49. The average molecular weight is 342 g/mol. The second-order valence-corrected chi connectivity index (χ2v) is 7.01. The van der Waals surface area contributed by atoms with E-state index in [9.17, 15) is 4.79 Å². The fraction of sp³-hybridized carbons (Fsp3) is 0.588. The molecule has 2 aromatic heterocycles. The average Bonchev–Trinajstić information content (AvgIpc) is 3.09. The highest BCUT2D eigenvalue weighted by molar-refractivity contribution is 5.95. The van der Waals surface area contributed by atoms with Gasteiger partial charge >= 0.3 is 0 Å². The number of likely N-dealkylation sites (tertiary alicyclic amines) is 1. The summed E-state index contributed by atoms with van der Waals surface area (Å²) in [7, 11) is 0. The van der Waals surface area contributed by atoms with Crippen LogP contribution in [0.3, 0.4) is 0 Å². The van der Waals surface area contributed by atoms with E-state index in [1.165, 1.54) is 0 Å². The van der Waals surface area contributed by atoms with Gasteiger partial charge in [-0.25, -0.2) is 14.6 Å². The number of fused-ring (bicyclic) bond motifs is 3. The molecule has 0 saturated carbocycles. The third-order valence-corrected chi connectivity index (χ3v) is 4.96. The molecule has 0 radical (unpaired) electrons. The van der Waals surface area contributed by atoms with Gasteiger partial charge in [-0.3, -0.25) is 4.79 Å². The maximum absolute atomic E-state index is 13.0. The minimum Gasteiger partial charge on any atom is -0.370 e. The lowest BCUT2D eigenvalue weighted by Crippen LogP contribution is -2.50. The number of aryl methyl sites for hydroxylation is 1. The summed E-state index contributed by atoms with van der Waals surface area (Å²) >= 11 is 0. The molecule has 0 aromatic carbocycles. The summed E-state index contributed by atoms with van der Waals surface area (Å²) in [6, 6.07) is 0.0140. The summed E-state index contributed by atoms with van der Waals surface area (Å²) in [5.74, 6) is 0.975. The van der Waals surface area contributed by atoms with Gasteiger partial charge in [0.1, 0.15) is 5.82 Å². The molecule has 0 bridgehead atoms. The lowest BCUT2D eigenvalue weighted by Gasteiger charge is -2.41. The van der Waals surface area contributed by atoms with Crippen molar-refractivity contribution in [3.05, 3.63) is 35.2 Å². The highest BCUT2D eigenvalue weighted by Crippen LogP contribution is 2.30. The molecule has 4 heterocycles. The van der Waals surface area contributed by atoms with Crippen molar-refractivity contribution in [2.24, 2.45) is 0 Å². The predicted molar refractivity (Wildman–Crippen MR) is 89.0 cm³/mol. The number of rotatable bonds is 2. The zero-order valence-electron chi connectivity index (χ0n) is 14.7. The topological polar surface area (TPSA) is 86.0 Å². The Balaban J connectivity index is 1.56. The smallest absolute Gasteiger partial charge is 0.257 e. The SMILES string of the molecule is Cc1nc(C(C)C)ncc1C(=O)N1CC[C@H]2OCc3cnnn3[C@@H]2C1. The van der Waals surface area contributed by atoms with Crippen molar-refractivity contribution in [1.82, 2.24) is 29.9 Å². The van der Waals surface area contributed by atoms with Gasteiger partial charge < -0.3 is 9.64 Å². The van der Waals surface area contributed by atoms with Gasteiger partial charge in [-0.1, -0.05) is 19.1 Å². The maximum atomic E-state index is 13.0. The molecular weight excluding hydrogens is 320 g/mol. The van der Waals surface area contributed by atoms with Crippen molar-refractivity contribution in [1.29, 1.82) is 0 Å². The minimum absolute atomic E-state index is 0.0140. The molecule has 0 N–H and O–H groups in total. The Morgan fingerprint density at radius 1 is 1.36 bits per heavy atom. The minimum atomic E-state index is -0.0292. The second kappa shape index (κ2) is 6.18. The molecule has 2 aliphatic heterocycles. The molecule has 4 rings (SSSR count). The first-order valence-electron chi connectivity index (χ1n) is 8.68. The molecule has 2 aliphatic rings. The lowest BCUT2D eigenvalue weighted by atomic mass is 9.99. The van der Waals surface area contributed by atoms with Crippen LogP contribution < -0.4 is 0 Å². The van der Waals surface area contributed by atoms with Crippen LogP contribution in [0.25, 0.3) is 0 Å². The van der Waals surface area contributed by atoms with Gasteiger partial charge in [0, 0.05) is 25.2 Å². The van der Waals surface area contributed by atoms with Crippen molar-refractivity contribution in [3.63, 3.8) is 0 Å². The number of hydrogen-bond donors (Lipinski definition) is 0. The summed E-state index contributed by atoms with van der Waals surface area (Å²) in [6.45, 7) is 7.71. The number of piperidine rings is 1. The summed E-state index contributed by atoms with van der Waals surface area (Å²) in [4.78, 5) is 23.7. The highest BCUT2D eigenvalue weighted by atomic mass is 16.5. The van der Waals surface area contributed by atoms with E-state index in [1.54, 1.807) is 12.4 Å². The van der Waals surface area contributed by atoms with E-state index in [4.69, 9.17) is 4.74 Å². The maximum Gasteiger partial charge on any atom is 0.257 e. The van der Waals surface area contributed by atoms with Crippen LogP contribution in [0.4, 0.5) is 0 Å². The molecule has 25 heavy (non-hydrogen) atoms. The molecule has 0 spiro atoms. The highest BCUT2D eigenvalue weighted by Gasteiger charge is 2.38.